The van der Waals surface area contributed by atoms with E-state index in [4.69, 9.17) is 0 Å². The molecule has 16 nitrogen and oxygen atoms in total. The molecule has 0 saturated carbocycles. The van der Waals surface area contributed by atoms with Gasteiger partial charge in [0.25, 0.3) is 0 Å². The molecule has 2 N–H and O–H groups in total. The average molecular weight is 640 g/mol. The van der Waals surface area contributed by atoms with E-state index in [-0.39, 0.29) is 100 Å². The fraction of sp³-hybridized carbons (Fsp3) is 0.100. The number of thiazole rings is 2. The Labute approximate surface area is 263 Å². The van der Waals surface area contributed by atoms with Gasteiger partial charge in [-0.3, -0.25) is 40.0 Å². The number of hydrogen-bond donors (Lipinski definition) is 2. The van der Waals surface area contributed by atoms with Gasteiger partial charge in [-0.15, -0.1) is 0 Å². The number of aromatic nitrogens is 2. The second-order valence-corrected chi connectivity index (χ2v) is 9.07. The van der Waals surface area contributed by atoms with Crippen LogP contribution in [-0.2, 0) is 26.4 Å². The summed E-state index contributed by atoms with van der Waals surface area (Å²) >= 11 is 1.52. The Hall–Kier alpha value is -3.59. The summed E-state index contributed by atoms with van der Waals surface area (Å²) in [5, 5.41) is 54.7. The van der Waals surface area contributed by atoms with E-state index in [1.54, 1.807) is 13.8 Å². The molecule has 0 amide bonds. The molecule has 40 heavy (non-hydrogen) atoms. The van der Waals surface area contributed by atoms with E-state index >= 15 is 0 Å². The maximum atomic E-state index is 11.1. The standard InChI is InChI=1S/2C10H8N4O4S.Co.Na/c2*1-5-2-6(15)3-7(16)9(5)12-13-10-11-4-8(19-10)14(17)18;;/h2*2-4H,1H3,(H2,11,13,15,16);;/q;;;+1/p-2. The smallest absolute Gasteiger partial charge is 0.506 e. The summed E-state index contributed by atoms with van der Waals surface area (Å²) in [6.07, 6.45) is 6.80. The maximum absolute atomic E-state index is 11.1. The SMILES string of the molecule is CC1=CC(=O)C=C(O)/C1=N/N=c1\[n-]cc([N+](=O)[O-])s1.CC1=CC(=O)C=C(O)C1=N/N=c1\[n-]cc([N+](=O)[O-])s1.[Co].[Na+]. The van der Waals surface area contributed by atoms with Crippen LogP contribution in [0.3, 0.4) is 0 Å². The number of hydrogen-bond acceptors (Lipinski definition) is 14. The summed E-state index contributed by atoms with van der Waals surface area (Å²) in [7, 11) is 0. The molecular weight excluding hydrogens is 626 g/mol. The minimum absolute atomic E-state index is 0. The predicted octanol–water partition coefficient (Wildman–Crippen LogP) is -1.32. The van der Waals surface area contributed by atoms with Crippen molar-refractivity contribution in [1.82, 2.24) is 9.97 Å². The van der Waals surface area contributed by atoms with Gasteiger partial charge in [0.05, 0.1) is 9.85 Å². The Balaban J connectivity index is 0.000000381. The molecule has 0 aliphatic heterocycles. The van der Waals surface area contributed by atoms with Crippen LogP contribution in [0.25, 0.3) is 0 Å². The first-order valence-electron chi connectivity index (χ1n) is 9.99. The molecule has 0 bridgehead atoms. The normalized spacial score (nSPS) is 17.6. The first-order valence-corrected chi connectivity index (χ1v) is 11.6. The Morgan fingerprint density at radius 2 is 1.07 bits per heavy atom. The molecular formula is C20H14CoN8NaO8S2-. The van der Waals surface area contributed by atoms with Gasteiger partial charge in [-0.1, -0.05) is 22.7 Å². The molecule has 2 aromatic heterocycles. The molecule has 0 aromatic carbocycles. The van der Waals surface area contributed by atoms with E-state index in [0.717, 1.165) is 47.2 Å². The van der Waals surface area contributed by atoms with Crippen LogP contribution in [0.5, 0.6) is 0 Å². The number of nitro groups is 2. The second kappa shape index (κ2) is 15.3. The molecule has 0 spiro atoms. The van der Waals surface area contributed by atoms with Crippen LogP contribution in [0.4, 0.5) is 10.0 Å². The van der Waals surface area contributed by atoms with Crippen molar-refractivity contribution in [3.63, 3.8) is 0 Å². The van der Waals surface area contributed by atoms with Gasteiger partial charge < -0.3 is 30.4 Å². The number of carbonyl (C=O) groups is 2. The quantitative estimate of drug-likeness (QED) is 0.173. The van der Waals surface area contributed by atoms with Crippen molar-refractivity contribution in [2.75, 3.05) is 0 Å². The third-order valence-electron chi connectivity index (χ3n) is 4.30. The van der Waals surface area contributed by atoms with Crippen molar-refractivity contribution in [3.8, 4) is 0 Å². The monoisotopic (exact) mass is 640 g/mol. The van der Waals surface area contributed by atoms with Crippen molar-refractivity contribution in [2.24, 2.45) is 20.4 Å². The zero-order valence-corrected chi connectivity index (χ0v) is 25.2. The van der Waals surface area contributed by atoms with Crippen molar-refractivity contribution >= 4 is 55.7 Å². The fourth-order valence-electron chi connectivity index (χ4n) is 2.68. The predicted molar refractivity (Wildman–Crippen MR) is 134 cm³/mol. The third-order valence-corrected chi connectivity index (χ3v) is 5.97. The molecule has 205 valence electrons. The van der Waals surface area contributed by atoms with Crippen LogP contribution in [-0.4, -0.2) is 43.0 Å². The van der Waals surface area contributed by atoms with Gasteiger partial charge in [-0.2, -0.15) is 0 Å². The third kappa shape index (κ3) is 9.26. The molecule has 1 radical (unpaired) electrons. The van der Waals surface area contributed by atoms with Crippen molar-refractivity contribution in [2.45, 2.75) is 13.8 Å². The van der Waals surface area contributed by atoms with Gasteiger partial charge in [0.2, 0.25) is 0 Å². The summed E-state index contributed by atoms with van der Waals surface area (Å²) in [6, 6.07) is 0. The van der Waals surface area contributed by atoms with Gasteiger partial charge in [-0.05, 0) is 37.1 Å². The van der Waals surface area contributed by atoms with E-state index < -0.39 is 9.85 Å². The molecule has 0 saturated heterocycles. The number of ketones is 2. The summed E-state index contributed by atoms with van der Waals surface area (Å²) in [5.74, 6) is -1.25. The zero-order valence-electron chi connectivity index (χ0n) is 20.5. The first kappa shape index (κ1) is 34.4. The summed E-state index contributed by atoms with van der Waals surface area (Å²) < 4.78 is 0. The molecule has 4 rings (SSSR count). The Bertz CT molecular complexity index is 1500. The van der Waals surface area contributed by atoms with Crippen molar-refractivity contribution < 1.29 is 76.0 Å². The van der Waals surface area contributed by atoms with Crippen LogP contribution in [0.2, 0.25) is 0 Å². The summed E-state index contributed by atoms with van der Waals surface area (Å²) in [5.41, 5.74) is 1.19. The van der Waals surface area contributed by atoms with Crippen LogP contribution < -0.4 is 49.1 Å². The molecule has 2 aliphatic carbocycles. The summed E-state index contributed by atoms with van der Waals surface area (Å²) in [6.45, 7) is 3.19. The van der Waals surface area contributed by atoms with Crippen LogP contribution in [0.15, 0.2) is 79.8 Å². The topological polar surface area (TPSA) is 239 Å². The van der Waals surface area contributed by atoms with Gasteiger partial charge in [-0.25, -0.2) is 0 Å². The first-order chi connectivity index (χ1) is 17.9. The minimum Gasteiger partial charge on any atom is -0.506 e. The largest absolute Gasteiger partial charge is 1.00 e. The second-order valence-electron chi connectivity index (χ2n) is 7.09. The van der Waals surface area contributed by atoms with Crippen molar-refractivity contribution in [1.29, 1.82) is 0 Å². The summed E-state index contributed by atoms with van der Waals surface area (Å²) in [4.78, 5) is 49.6. The number of aliphatic hydroxyl groups excluding tert-OH is 2. The zero-order chi connectivity index (χ0) is 28.0. The Morgan fingerprint density at radius 1 is 0.725 bits per heavy atom. The molecule has 0 fully saturated rings. The maximum Gasteiger partial charge on any atom is 1.00 e. The number of rotatable bonds is 4. The molecule has 2 aromatic rings. The average Bonchev–Trinajstić information content (AvgIpc) is 3.48. The van der Waals surface area contributed by atoms with E-state index in [9.17, 15) is 40.0 Å². The van der Waals surface area contributed by atoms with E-state index in [1.807, 2.05) is 0 Å². The number of aliphatic hydroxyl groups is 2. The van der Waals surface area contributed by atoms with E-state index in [0.29, 0.717) is 11.1 Å². The van der Waals surface area contributed by atoms with Crippen molar-refractivity contribution in [3.05, 3.63) is 89.2 Å². The van der Waals surface area contributed by atoms with Gasteiger partial charge in [0.15, 0.2) is 11.6 Å². The molecule has 0 atom stereocenters. The molecule has 0 unspecified atom stereocenters. The molecule has 20 heteroatoms. The number of allylic oxidation sites excluding steroid dienone is 6. The van der Waals surface area contributed by atoms with Crippen LogP contribution >= 0.6 is 22.7 Å². The fourth-order valence-corrected chi connectivity index (χ4v) is 3.79. The molecule has 2 heterocycles. The minimum atomic E-state index is -0.578. The van der Waals surface area contributed by atoms with Crippen LogP contribution in [0, 0.1) is 20.2 Å². The number of carbonyl (C=O) groups excluding carboxylic acids is 2. The Morgan fingerprint density at radius 3 is 1.35 bits per heavy atom. The van der Waals surface area contributed by atoms with E-state index in [1.165, 1.54) is 12.2 Å². The van der Waals surface area contributed by atoms with Gasteiger partial charge >= 0.3 is 39.6 Å². The Kier molecular flexibility index (Phi) is 13.1. The van der Waals surface area contributed by atoms with Gasteiger partial charge in [0.1, 0.15) is 22.9 Å². The molecule has 2 aliphatic rings. The number of nitrogens with zero attached hydrogens (tertiary/aromatic N) is 8. The van der Waals surface area contributed by atoms with Crippen LogP contribution in [0.1, 0.15) is 13.8 Å². The van der Waals surface area contributed by atoms with E-state index in [2.05, 4.69) is 30.4 Å². The van der Waals surface area contributed by atoms with Gasteiger partial charge in [0, 0.05) is 50.9 Å².